The number of benzene rings is 1. The van der Waals surface area contributed by atoms with Crippen molar-refractivity contribution in [3.63, 3.8) is 0 Å². The lowest BCUT2D eigenvalue weighted by atomic mass is 10.2. The summed E-state index contributed by atoms with van der Waals surface area (Å²) in [4.78, 5) is 8.44. The Kier molecular flexibility index (Phi) is 7.10. The highest BCUT2D eigenvalue weighted by Crippen LogP contribution is 2.11. The first-order valence-electron chi connectivity index (χ1n) is 5.96. The fraction of sp³-hybridized carbons (Fsp3) is 0.429. The number of aryl methyl sites for hydroxylation is 2. The van der Waals surface area contributed by atoms with Crippen LogP contribution >= 0.6 is 0 Å². The van der Waals surface area contributed by atoms with Crippen molar-refractivity contribution in [2.75, 3.05) is 0 Å². The molecule has 2 aromatic rings. The molecule has 0 bridgehead atoms. The molecule has 1 aromatic carbocycles. The van der Waals surface area contributed by atoms with Crippen molar-refractivity contribution in [1.82, 2.24) is 9.97 Å². The smallest absolute Gasteiger partial charge is 0.125 e. The predicted octanol–water partition coefficient (Wildman–Crippen LogP) is 4.30. The van der Waals surface area contributed by atoms with Crippen LogP contribution in [0.3, 0.4) is 0 Å². The molecule has 0 aliphatic carbocycles. The molecule has 0 amide bonds. The van der Waals surface area contributed by atoms with Gasteiger partial charge in [-0.3, -0.25) is 0 Å². The average molecular weight is 218 g/mol. The summed E-state index contributed by atoms with van der Waals surface area (Å²) in [6.07, 6.45) is 1.87. The van der Waals surface area contributed by atoms with Crippen LogP contribution in [0.2, 0.25) is 0 Å². The molecule has 16 heavy (non-hydrogen) atoms. The highest BCUT2D eigenvalue weighted by atomic mass is 14.9. The third-order valence-electron chi connectivity index (χ3n) is 1.86. The lowest BCUT2D eigenvalue weighted by molar-refractivity contribution is 1.09. The summed E-state index contributed by atoms with van der Waals surface area (Å²) in [6.45, 7) is 12.0. The first-order valence-corrected chi connectivity index (χ1v) is 5.96. The van der Waals surface area contributed by atoms with Crippen molar-refractivity contribution in [1.29, 1.82) is 0 Å². The molecule has 0 N–H and O–H groups in total. The summed E-state index contributed by atoms with van der Waals surface area (Å²) in [5.41, 5.74) is 2.27. The van der Waals surface area contributed by atoms with Crippen LogP contribution in [0.25, 0.3) is 10.9 Å². The summed E-state index contributed by atoms with van der Waals surface area (Å²) < 4.78 is 0. The zero-order valence-corrected chi connectivity index (χ0v) is 11.2. The highest BCUT2D eigenvalue weighted by Gasteiger charge is 1.95. The van der Waals surface area contributed by atoms with E-state index in [-0.39, 0.29) is 0 Å². The Bertz CT molecular complexity index is 381. The summed E-state index contributed by atoms with van der Waals surface area (Å²) >= 11 is 0. The molecule has 2 heteroatoms. The second kappa shape index (κ2) is 7.80. The van der Waals surface area contributed by atoms with Crippen LogP contribution in [0.5, 0.6) is 0 Å². The van der Waals surface area contributed by atoms with Gasteiger partial charge in [0, 0.05) is 11.6 Å². The van der Waals surface area contributed by atoms with Crippen molar-refractivity contribution < 1.29 is 0 Å². The molecule has 2 nitrogen and oxygen atoms in total. The summed E-state index contributed by atoms with van der Waals surface area (Å²) in [5.74, 6) is 0.825. The van der Waals surface area contributed by atoms with E-state index in [0.29, 0.717) is 0 Å². The van der Waals surface area contributed by atoms with Crippen molar-refractivity contribution in [2.24, 2.45) is 0 Å². The molecular formula is C14H22N2. The highest BCUT2D eigenvalue weighted by molar-refractivity contribution is 5.78. The van der Waals surface area contributed by atoms with Gasteiger partial charge in [0.15, 0.2) is 0 Å². The summed E-state index contributed by atoms with van der Waals surface area (Å²) in [7, 11) is 0. The zero-order chi connectivity index (χ0) is 12.6. The molecule has 0 fully saturated rings. The van der Waals surface area contributed by atoms with Crippen LogP contribution in [0, 0.1) is 13.8 Å². The summed E-state index contributed by atoms with van der Waals surface area (Å²) in [5, 5.41) is 1.11. The Morgan fingerprint density at radius 3 is 2.19 bits per heavy atom. The SMILES string of the molecule is CC.CC.Cc1ccc2nc(C)ncc2c1. The topological polar surface area (TPSA) is 25.8 Å². The number of rotatable bonds is 0. The number of hydrogen-bond donors (Lipinski definition) is 0. The van der Waals surface area contributed by atoms with Gasteiger partial charge in [-0.25, -0.2) is 9.97 Å². The molecule has 0 aliphatic heterocycles. The fourth-order valence-electron chi connectivity index (χ4n) is 1.25. The fourth-order valence-corrected chi connectivity index (χ4v) is 1.25. The predicted molar refractivity (Wildman–Crippen MR) is 71.7 cm³/mol. The third-order valence-corrected chi connectivity index (χ3v) is 1.86. The molecule has 0 radical (unpaired) electrons. The minimum atomic E-state index is 0.825. The molecule has 0 unspecified atom stereocenters. The monoisotopic (exact) mass is 218 g/mol. The van der Waals surface area contributed by atoms with Gasteiger partial charge in [-0.2, -0.15) is 0 Å². The molecule has 0 saturated carbocycles. The Morgan fingerprint density at radius 1 is 0.938 bits per heavy atom. The van der Waals surface area contributed by atoms with E-state index in [1.54, 1.807) is 0 Å². The lowest BCUT2D eigenvalue weighted by Crippen LogP contribution is -1.87. The van der Waals surface area contributed by atoms with Gasteiger partial charge in [0.2, 0.25) is 0 Å². The quantitative estimate of drug-likeness (QED) is 0.659. The Morgan fingerprint density at radius 2 is 1.56 bits per heavy atom. The van der Waals surface area contributed by atoms with Crippen LogP contribution < -0.4 is 0 Å². The largest absolute Gasteiger partial charge is 0.241 e. The van der Waals surface area contributed by atoms with Gasteiger partial charge in [0.1, 0.15) is 5.82 Å². The molecular weight excluding hydrogens is 196 g/mol. The van der Waals surface area contributed by atoms with Crippen molar-refractivity contribution in [2.45, 2.75) is 41.5 Å². The van der Waals surface area contributed by atoms with E-state index in [1.165, 1.54) is 5.56 Å². The maximum absolute atomic E-state index is 4.31. The van der Waals surface area contributed by atoms with Gasteiger partial charge in [-0.1, -0.05) is 39.3 Å². The van der Waals surface area contributed by atoms with Crippen LogP contribution in [0.15, 0.2) is 24.4 Å². The van der Waals surface area contributed by atoms with E-state index >= 15 is 0 Å². The second-order valence-corrected chi connectivity index (χ2v) is 2.98. The standard InChI is InChI=1S/C10H10N2.2C2H6/c1-7-3-4-10-9(5-7)6-11-8(2)12-10;2*1-2/h3-6H,1-2H3;2*1-2H3. The second-order valence-electron chi connectivity index (χ2n) is 2.98. The molecule has 1 aromatic heterocycles. The number of nitrogens with zero attached hydrogens (tertiary/aromatic N) is 2. The molecule has 1 heterocycles. The normalized spacial score (nSPS) is 8.62. The van der Waals surface area contributed by atoms with Crippen LogP contribution in [-0.4, -0.2) is 9.97 Å². The van der Waals surface area contributed by atoms with Crippen molar-refractivity contribution in [3.05, 3.63) is 35.8 Å². The maximum atomic E-state index is 4.31. The van der Waals surface area contributed by atoms with Gasteiger partial charge < -0.3 is 0 Å². The first-order chi connectivity index (χ1) is 7.75. The van der Waals surface area contributed by atoms with Gasteiger partial charge in [-0.05, 0) is 26.0 Å². The van der Waals surface area contributed by atoms with E-state index in [9.17, 15) is 0 Å². The van der Waals surface area contributed by atoms with Gasteiger partial charge in [0.05, 0.1) is 5.52 Å². The van der Waals surface area contributed by atoms with E-state index in [2.05, 4.69) is 29.0 Å². The minimum absolute atomic E-state index is 0.825. The molecule has 0 saturated heterocycles. The number of hydrogen-bond acceptors (Lipinski definition) is 2. The molecule has 0 atom stereocenters. The minimum Gasteiger partial charge on any atom is -0.241 e. The average Bonchev–Trinajstić information content (AvgIpc) is 2.35. The zero-order valence-electron chi connectivity index (χ0n) is 11.2. The van der Waals surface area contributed by atoms with Gasteiger partial charge >= 0.3 is 0 Å². The van der Waals surface area contributed by atoms with E-state index in [0.717, 1.165) is 16.7 Å². The molecule has 88 valence electrons. The van der Waals surface area contributed by atoms with Gasteiger partial charge in [-0.15, -0.1) is 0 Å². The van der Waals surface area contributed by atoms with E-state index in [1.807, 2.05) is 46.9 Å². The Balaban J connectivity index is 0.000000509. The van der Waals surface area contributed by atoms with Crippen LogP contribution in [-0.2, 0) is 0 Å². The maximum Gasteiger partial charge on any atom is 0.125 e. The third kappa shape index (κ3) is 3.97. The number of fused-ring (bicyclic) bond motifs is 1. The van der Waals surface area contributed by atoms with Crippen LogP contribution in [0.1, 0.15) is 39.1 Å². The van der Waals surface area contributed by atoms with Crippen molar-refractivity contribution in [3.8, 4) is 0 Å². The Hall–Kier alpha value is -1.44. The van der Waals surface area contributed by atoms with Crippen molar-refractivity contribution >= 4 is 10.9 Å². The van der Waals surface area contributed by atoms with Crippen LogP contribution in [0.4, 0.5) is 0 Å². The van der Waals surface area contributed by atoms with E-state index < -0.39 is 0 Å². The molecule has 0 aliphatic rings. The number of aromatic nitrogens is 2. The molecule has 0 spiro atoms. The van der Waals surface area contributed by atoms with E-state index in [4.69, 9.17) is 0 Å². The first kappa shape index (κ1) is 14.6. The Labute approximate surface area is 98.8 Å². The van der Waals surface area contributed by atoms with Gasteiger partial charge in [0.25, 0.3) is 0 Å². The lowest BCUT2D eigenvalue weighted by Gasteiger charge is -1.98. The molecule has 2 rings (SSSR count). The summed E-state index contributed by atoms with van der Waals surface area (Å²) in [6, 6.07) is 6.18.